The van der Waals surface area contributed by atoms with Crippen molar-refractivity contribution in [3.8, 4) is 5.75 Å². The molecule has 2 rings (SSSR count). The van der Waals surface area contributed by atoms with Crippen LogP contribution in [-0.2, 0) is 12.8 Å². The van der Waals surface area contributed by atoms with Gasteiger partial charge in [0, 0.05) is 12.3 Å². The molecule has 1 aromatic rings. The monoisotopic (exact) mass is 182 g/mol. The fourth-order valence-corrected chi connectivity index (χ4v) is 1.69. The highest BCUT2D eigenvalue weighted by molar-refractivity contribution is 6.17. The maximum Gasteiger partial charge on any atom is 0.122 e. The van der Waals surface area contributed by atoms with Gasteiger partial charge in [-0.1, -0.05) is 12.1 Å². The van der Waals surface area contributed by atoms with Gasteiger partial charge in [0.15, 0.2) is 0 Å². The molecule has 0 atom stereocenters. The maximum atomic E-state index is 5.65. The average molecular weight is 183 g/mol. The van der Waals surface area contributed by atoms with E-state index in [4.69, 9.17) is 16.3 Å². The first-order chi connectivity index (χ1) is 5.90. The topological polar surface area (TPSA) is 9.23 Å². The minimum atomic E-state index is 0.679. The fourth-order valence-electron chi connectivity index (χ4n) is 1.48. The molecule has 0 saturated heterocycles. The summed E-state index contributed by atoms with van der Waals surface area (Å²) in [6, 6.07) is 6.38. The maximum absolute atomic E-state index is 5.65. The van der Waals surface area contributed by atoms with Crippen LogP contribution in [0.15, 0.2) is 18.2 Å². The van der Waals surface area contributed by atoms with Crippen LogP contribution in [0.25, 0.3) is 0 Å². The Morgan fingerprint density at radius 2 is 2.33 bits per heavy atom. The number of fused-ring (bicyclic) bond motifs is 1. The van der Waals surface area contributed by atoms with Crippen molar-refractivity contribution in [3.05, 3.63) is 29.3 Å². The molecule has 0 aromatic heterocycles. The molecule has 64 valence electrons. The van der Waals surface area contributed by atoms with E-state index in [0.717, 1.165) is 25.2 Å². The number of ether oxygens (including phenoxy) is 1. The van der Waals surface area contributed by atoms with Crippen molar-refractivity contribution < 1.29 is 4.74 Å². The normalized spacial score (nSPS) is 14.1. The second kappa shape index (κ2) is 3.36. The van der Waals surface area contributed by atoms with Crippen molar-refractivity contribution in [3.63, 3.8) is 0 Å². The third-order valence-corrected chi connectivity index (χ3v) is 2.33. The van der Waals surface area contributed by atoms with Crippen LogP contribution in [0, 0.1) is 0 Å². The van der Waals surface area contributed by atoms with Gasteiger partial charge < -0.3 is 4.74 Å². The zero-order valence-electron chi connectivity index (χ0n) is 6.85. The summed E-state index contributed by atoms with van der Waals surface area (Å²) in [6.07, 6.45) is 1.98. The molecule has 0 amide bonds. The fraction of sp³-hybridized carbons (Fsp3) is 0.400. The predicted molar refractivity (Wildman–Crippen MR) is 50.1 cm³/mol. The minimum absolute atomic E-state index is 0.679. The van der Waals surface area contributed by atoms with Gasteiger partial charge in [-0.25, -0.2) is 0 Å². The lowest BCUT2D eigenvalue weighted by Gasteiger charge is -2.01. The third-order valence-electron chi connectivity index (χ3n) is 2.14. The number of alkyl halides is 1. The molecule has 0 bridgehead atoms. The predicted octanol–water partition coefficient (Wildman–Crippen LogP) is 2.40. The highest BCUT2D eigenvalue weighted by Gasteiger charge is 2.11. The standard InChI is InChI=1S/C10H11ClO/c11-5-3-8-1-2-9-4-6-12-10(9)7-8/h1-2,7H,3-6H2. The molecule has 12 heavy (non-hydrogen) atoms. The van der Waals surface area contributed by atoms with E-state index in [1.807, 2.05) is 0 Å². The first-order valence-corrected chi connectivity index (χ1v) is 4.74. The van der Waals surface area contributed by atoms with E-state index >= 15 is 0 Å². The van der Waals surface area contributed by atoms with E-state index in [1.165, 1.54) is 11.1 Å². The lowest BCUT2D eigenvalue weighted by Crippen LogP contribution is -1.88. The molecule has 1 nitrogen and oxygen atoms in total. The number of aryl methyl sites for hydroxylation is 1. The van der Waals surface area contributed by atoms with Crippen LogP contribution in [0.4, 0.5) is 0 Å². The van der Waals surface area contributed by atoms with Gasteiger partial charge >= 0.3 is 0 Å². The molecule has 0 aliphatic carbocycles. The largest absolute Gasteiger partial charge is 0.493 e. The van der Waals surface area contributed by atoms with Gasteiger partial charge in [0.1, 0.15) is 5.75 Å². The van der Waals surface area contributed by atoms with Crippen LogP contribution < -0.4 is 4.74 Å². The zero-order valence-corrected chi connectivity index (χ0v) is 7.60. The molecule has 0 unspecified atom stereocenters. The van der Waals surface area contributed by atoms with Crippen LogP contribution in [0.1, 0.15) is 11.1 Å². The molecule has 0 radical (unpaired) electrons. The van der Waals surface area contributed by atoms with Crippen molar-refractivity contribution in [1.29, 1.82) is 0 Å². The summed E-state index contributed by atoms with van der Waals surface area (Å²) in [5.74, 6) is 1.73. The molecule has 0 N–H and O–H groups in total. The molecule has 0 spiro atoms. The lowest BCUT2D eigenvalue weighted by molar-refractivity contribution is 0.356. The van der Waals surface area contributed by atoms with Gasteiger partial charge in [-0.15, -0.1) is 11.6 Å². The Morgan fingerprint density at radius 1 is 1.42 bits per heavy atom. The summed E-state index contributed by atoms with van der Waals surface area (Å²) in [5, 5.41) is 0. The molecule has 2 heteroatoms. The molecule has 1 heterocycles. The van der Waals surface area contributed by atoms with Crippen LogP contribution in [0.2, 0.25) is 0 Å². The van der Waals surface area contributed by atoms with Gasteiger partial charge in [0.25, 0.3) is 0 Å². The highest BCUT2D eigenvalue weighted by atomic mass is 35.5. The SMILES string of the molecule is ClCCc1ccc2c(c1)OCC2. The number of hydrogen-bond donors (Lipinski definition) is 0. The minimum Gasteiger partial charge on any atom is -0.493 e. The van der Waals surface area contributed by atoms with Crippen molar-refractivity contribution in [2.75, 3.05) is 12.5 Å². The number of benzene rings is 1. The summed E-state index contributed by atoms with van der Waals surface area (Å²) in [7, 11) is 0. The summed E-state index contributed by atoms with van der Waals surface area (Å²) < 4.78 is 5.44. The van der Waals surface area contributed by atoms with E-state index in [1.54, 1.807) is 0 Å². The molecule has 0 fully saturated rings. The molecule has 1 aliphatic rings. The molecular weight excluding hydrogens is 172 g/mol. The zero-order chi connectivity index (χ0) is 8.39. The Kier molecular flexibility index (Phi) is 2.22. The number of halogens is 1. The second-order valence-corrected chi connectivity index (χ2v) is 3.36. The van der Waals surface area contributed by atoms with E-state index in [2.05, 4.69) is 18.2 Å². The van der Waals surface area contributed by atoms with Gasteiger partial charge in [0.2, 0.25) is 0 Å². The summed E-state index contributed by atoms with van der Waals surface area (Å²) >= 11 is 5.65. The molecular formula is C10H11ClO. The Morgan fingerprint density at radius 3 is 3.17 bits per heavy atom. The van der Waals surface area contributed by atoms with Crippen molar-refractivity contribution in [1.82, 2.24) is 0 Å². The Labute approximate surface area is 77.3 Å². The highest BCUT2D eigenvalue weighted by Crippen LogP contribution is 2.26. The average Bonchev–Trinajstić information content (AvgIpc) is 2.51. The van der Waals surface area contributed by atoms with E-state index in [9.17, 15) is 0 Å². The van der Waals surface area contributed by atoms with Crippen LogP contribution in [0.5, 0.6) is 5.75 Å². The second-order valence-electron chi connectivity index (χ2n) is 2.98. The summed E-state index contributed by atoms with van der Waals surface area (Å²) in [5.41, 5.74) is 2.60. The van der Waals surface area contributed by atoms with Crippen molar-refractivity contribution in [2.24, 2.45) is 0 Å². The van der Waals surface area contributed by atoms with Crippen LogP contribution in [0.3, 0.4) is 0 Å². The molecule has 1 aromatic carbocycles. The van der Waals surface area contributed by atoms with Gasteiger partial charge in [-0.2, -0.15) is 0 Å². The van der Waals surface area contributed by atoms with Crippen LogP contribution in [-0.4, -0.2) is 12.5 Å². The van der Waals surface area contributed by atoms with Crippen LogP contribution >= 0.6 is 11.6 Å². The number of rotatable bonds is 2. The smallest absolute Gasteiger partial charge is 0.122 e. The van der Waals surface area contributed by atoms with Crippen molar-refractivity contribution in [2.45, 2.75) is 12.8 Å². The first kappa shape index (κ1) is 7.93. The molecule has 1 aliphatic heterocycles. The lowest BCUT2D eigenvalue weighted by atomic mass is 10.1. The van der Waals surface area contributed by atoms with Gasteiger partial charge in [0.05, 0.1) is 6.61 Å². The van der Waals surface area contributed by atoms with E-state index < -0.39 is 0 Å². The van der Waals surface area contributed by atoms with Gasteiger partial charge in [-0.05, 0) is 23.6 Å². The Hall–Kier alpha value is -0.690. The summed E-state index contributed by atoms with van der Waals surface area (Å²) in [4.78, 5) is 0. The first-order valence-electron chi connectivity index (χ1n) is 4.21. The third kappa shape index (κ3) is 1.42. The number of hydrogen-bond acceptors (Lipinski definition) is 1. The summed E-state index contributed by atoms with van der Waals surface area (Å²) in [6.45, 7) is 0.833. The molecule has 0 saturated carbocycles. The quantitative estimate of drug-likeness (QED) is 0.639. The van der Waals surface area contributed by atoms with Crippen molar-refractivity contribution >= 4 is 11.6 Å². The Bertz CT molecular complexity index is 283. The van der Waals surface area contributed by atoms with Gasteiger partial charge in [-0.3, -0.25) is 0 Å². The van der Waals surface area contributed by atoms with E-state index in [0.29, 0.717) is 5.88 Å². The Balaban J connectivity index is 2.26. The van der Waals surface area contributed by atoms with E-state index in [-0.39, 0.29) is 0 Å².